The Morgan fingerprint density at radius 1 is 1.60 bits per heavy atom. The van der Waals surface area contributed by atoms with Crippen LogP contribution in [0.1, 0.15) is 13.3 Å². The van der Waals surface area contributed by atoms with Gasteiger partial charge in [0, 0.05) is 0 Å². The molecule has 0 saturated heterocycles. The Balaban J connectivity index is -0.000000245. The van der Waals surface area contributed by atoms with Gasteiger partial charge in [0.15, 0.2) is 0 Å². The van der Waals surface area contributed by atoms with Crippen molar-refractivity contribution in [1.29, 1.82) is 0 Å². The van der Waals surface area contributed by atoms with Crippen molar-refractivity contribution in [3.8, 4) is 0 Å². The van der Waals surface area contributed by atoms with Crippen molar-refractivity contribution in [2.24, 2.45) is 0 Å². The minimum absolute atomic E-state index is 0. The van der Waals surface area contributed by atoms with Crippen LogP contribution in [0.15, 0.2) is 0 Å². The molecule has 0 aromatic rings. The van der Waals surface area contributed by atoms with E-state index in [0.29, 0.717) is 6.61 Å². The molecule has 5 heteroatoms. The van der Waals surface area contributed by atoms with Gasteiger partial charge in [-0.1, -0.05) is 6.42 Å². The molecule has 0 saturated carbocycles. The molecule has 0 aromatic heterocycles. The van der Waals surface area contributed by atoms with Crippen molar-refractivity contribution in [1.82, 2.24) is 0 Å². The molecule has 1 N–H and O–H groups in total. The number of esters is 1. The van der Waals surface area contributed by atoms with E-state index in [1.54, 1.807) is 6.92 Å². The van der Waals surface area contributed by atoms with Crippen molar-refractivity contribution in [3.05, 3.63) is 0 Å². The maximum absolute atomic E-state index is 10.2. The summed E-state index contributed by atoms with van der Waals surface area (Å²) in [6, 6.07) is 0. The summed E-state index contributed by atoms with van der Waals surface area (Å²) in [5.74, 6) is -0.512. The van der Waals surface area contributed by atoms with Gasteiger partial charge in [-0.3, -0.25) is 11.1 Å². The topological polar surface area (TPSA) is 73.4 Å². The van der Waals surface area contributed by atoms with Crippen molar-refractivity contribution in [2.75, 3.05) is 6.61 Å². The van der Waals surface area contributed by atoms with Crippen LogP contribution in [0.25, 0.3) is 0 Å². The SMILES string of the molecule is CCOC(=O)C[C-]=O.[K+].[OH-]. The van der Waals surface area contributed by atoms with E-state index in [0.717, 1.165) is 0 Å². The fraction of sp³-hybridized carbons (Fsp3) is 0.600. The van der Waals surface area contributed by atoms with Gasteiger partial charge in [-0.05, 0) is 6.92 Å². The molecule has 0 unspecified atom stereocenters. The first kappa shape index (κ1) is 17.0. The van der Waals surface area contributed by atoms with Gasteiger partial charge >= 0.3 is 51.4 Å². The first-order valence-corrected chi connectivity index (χ1v) is 2.32. The standard InChI is InChI=1S/C5H7O3.K.H2O/c1-2-8-5(7)3-4-6;;/h2-3H2,1H3;;1H2/q-1;+1;/p-1. The van der Waals surface area contributed by atoms with E-state index >= 15 is 0 Å². The summed E-state index contributed by atoms with van der Waals surface area (Å²) in [4.78, 5) is 19.6. The van der Waals surface area contributed by atoms with Crippen LogP contribution >= 0.6 is 0 Å². The summed E-state index contributed by atoms with van der Waals surface area (Å²) in [5, 5.41) is 0. The van der Waals surface area contributed by atoms with E-state index in [1.807, 2.05) is 0 Å². The van der Waals surface area contributed by atoms with Crippen LogP contribution in [-0.4, -0.2) is 24.3 Å². The summed E-state index contributed by atoms with van der Waals surface area (Å²) >= 11 is 0. The number of carbonyl (C=O) groups is 1. The maximum atomic E-state index is 10.2. The zero-order chi connectivity index (χ0) is 6.41. The molecule has 10 heavy (non-hydrogen) atoms. The van der Waals surface area contributed by atoms with Crippen LogP contribution in [0.4, 0.5) is 0 Å². The van der Waals surface area contributed by atoms with Gasteiger partial charge in [0.1, 0.15) is 0 Å². The van der Waals surface area contributed by atoms with E-state index in [4.69, 9.17) is 0 Å². The van der Waals surface area contributed by atoms with Crippen molar-refractivity contribution < 1.29 is 71.2 Å². The molecule has 0 radical (unpaired) electrons. The minimum Gasteiger partial charge on any atom is -0.870 e. The van der Waals surface area contributed by atoms with Crippen LogP contribution in [0.3, 0.4) is 0 Å². The summed E-state index contributed by atoms with van der Waals surface area (Å²) in [6.07, 6.45) is 1.17. The minimum atomic E-state index is -0.512. The number of hydrogen-bond acceptors (Lipinski definition) is 4. The summed E-state index contributed by atoms with van der Waals surface area (Å²) in [6.45, 7) is 2.00. The fourth-order valence-electron chi connectivity index (χ4n) is 0.271. The Hall–Kier alpha value is 0.736. The second-order valence-corrected chi connectivity index (χ2v) is 1.13. The molecule has 0 amide bonds. The summed E-state index contributed by atoms with van der Waals surface area (Å²) in [7, 11) is 0. The van der Waals surface area contributed by atoms with Crippen LogP contribution in [0, 0.1) is 0 Å². The van der Waals surface area contributed by atoms with Gasteiger partial charge in [0.05, 0.1) is 6.61 Å². The van der Waals surface area contributed by atoms with E-state index in [-0.39, 0.29) is 63.3 Å². The second kappa shape index (κ2) is 12.4. The smallest absolute Gasteiger partial charge is 0.870 e. The first-order valence-electron chi connectivity index (χ1n) is 2.32. The number of hydrogen-bond donors (Lipinski definition) is 0. The third-order valence-electron chi connectivity index (χ3n) is 0.522. The maximum Gasteiger partial charge on any atom is 1.00 e. The van der Waals surface area contributed by atoms with Crippen LogP contribution in [0.2, 0.25) is 0 Å². The molecule has 0 aliphatic rings. The van der Waals surface area contributed by atoms with E-state index in [1.165, 1.54) is 6.29 Å². The zero-order valence-corrected chi connectivity index (χ0v) is 9.21. The van der Waals surface area contributed by atoms with E-state index in [2.05, 4.69) is 4.74 Å². The van der Waals surface area contributed by atoms with Gasteiger partial charge in [-0.15, -0.1) is 0 Å². The monoisotopic (exact) mass is 171 g/mol. The molecule has 0 spiro atoms. The fourth-order valence-corrected chi connectivity index (χ4v) is 0.271. The summed E-state index contributed by atoms with van der Waals surface area (Å²) < 4.78 is 4.38. The number of carbonyl (C=O) groups excluding carboxylic acids is 2. The molecule has 0 aromatic carbocycles. The third-order valence-corrected chi connectivity index (χ3v) is 0.522. The van der Waals surface area contributed by atoms with Gasteiger partial charge in [0.25, 0.3) is 5.97 Å². The largest absolute Gasteiger partial charge is 1.00 e. The van der Waals surface area contributed by atoms with Crippen LogP contribution in [0.5, 0.6) is 0 Å². The molecule has 0 heterocycles. The Bertz CT molecular complexity index is 93.6. The molecule has 0 atom stereocenters. The Morgan fingerprint density at radius 3 is 2.40 bits per heavy atom. The predicted molar refractivity (Wildman–Crippen MR) is 28.9 cm³/mol. The molecule has 0 bridgehead atoms. The van der Waals surface area contributed by atoms with Crippen molar-refractivity contribution >= 4 is 12.3 Å². The molecule has 0 fully saturated rings. The van der Waals surface area contributed by atoms with Gasteiger partial charge in [0.2, 0.25) is 0 Å². The Kier molecular flexibility index (Phi) is 21.1. The first-order chi connectivity index (χ1) is 3.81. The molecular weight excluding hydrogens is 163 g/mol. The third kappa shape index (κ3) is 11.5. The quantitative estimate of drug-likeness (QED) is 0.195. The Morgan fingerprint density at radius 2 is 2.10 bits per heavy atom. The van der Waals surface area contributed by atoms with E-state index < -0.39 is 5.97 Å². The normalized spacial score (nSPS) is 6.50. The zero-order valence-electron chi connectivity index (χ0n) is 6.09. The van der Waals surface area contributed by atoms with Crippen LogP contribution < -0.4 is 51.4 Å². The molecule has 0 rings (SSSR count). The average molecular weight is 171 g/mol. The predicted octanol–water partition coefficient (Wildman–Crippen LogP) is -3.12. The molecule has 54 valence electrons. The van der Waals surface area contributed by atoms with Crippen molar-refractivity contribution in [3.63, 3.8) is 0 Å². The number of ether oxygens (including phenoxy) is 1. The van der Waals surface area contributed by atoms with Gasteiger partial charge in [-0.2, -0.15) is 0 Å². The van der Waals surface area contributed by atoms with Gasteiger partial charge < -0.3 is 15.0 Å². The summed E-state index contributed by atoms with van der Waals surface area (Å²) in [5.41, 5.74) is 0. The van der Waals surface area contributed by atoms with Crippen molar-refractivity contribution in [2.45, 2.75) is 13.3 Å². The van der Waals surface area contributed by atoms with Crippen LogP contribution in [-0.2, 0) is 14.3 Å². The molecular formula is C5H8KO4-. The molecule has 4 nitrogen and oxygen atoms in total. The molecule has 0 aliphatic carbocycles. The Labute approximate surface area is 102 Å². The van der Waals surface area contributed by atoms with E-state index in [9.17, 15) is 9.59 Å². The second-order valence-electron chi connectivity index (χ2n) is 1.13. The van der Waals surface area contributed by atoms with Gasteiger partial charge in [-0.25, -0.2) is 0 Å². The average Bonchev–Trinajstić information content (AvgIpc) is 1.68. The molecule has 0 aliphatic heterocycles. The number of rotatable bonds is 3.